The maximum Gasteiger partial charge on any atom is 0.350 e. The summed E-state index contributed by atoms with van der Waals surface area (Å²) in [7, 11) is 0. The molecule has 0 radical (unpaired) electrons. The Bertz CT molecular complexity index is 616. The minimum Gasteiger partial charge on any atom is -0.465 e. The first kappa shape index (κ1) is 31.2. The summed E-state index contributed by atoms with van der Waals surface area (Å²) in [5.74, 6) is -2.02. The largest absolute Gasteiger partial charge is 0.465 e. The maximum absolute atomic E-state index is 12.9. The molecule has 2 atom stereocenters. The summed E-state index contributed by atoms with van der Waals surface area (Å²) < 4.78 is 16.5. The molecular weight excluding hydrogens is 444 g/mol. The van der Waals surface area contributed by atoms with E-state index in [2.05, 4.69) is 20.4 Å². The van der Waals surface area contributed by atoms with E-state index in [0.29, 0.717) is 25.9 Å². The molecule has 0 heterocycles. The van der Waals surface area contributed by atoms with E-state index in [1.807, 2.05) is 0 Å². The van der Waals surface area contributed by atoms with Crippen molar-refractivity contribution in [1.82, 2.24) is 0 Å². The Kier molecular flexibility index (Phi) is 17.2. The number of carbonyl (C=O) groups excluding carboxylic acids is 3. The zero-order valence-corrected chi connectivity index (χ0v) is 22.5. The normalized spacial score (nSPS) is 19.7. The van der Waals surface area contributed by atoms with Gasteiger partial charge in [-0.3, -0.25) is 4.79 Å². The van der Waals surface area contributed by atoms with Crippen LogP contribution in [-0.4, -0.2) is 36.7 Å². The average Bonchev–Trinajstić information content (AvgIpc) is 2.87. The molecule has 1 fully saturated rings. The maximum atomic E-state index is 12.9. The van der Waals surface area contributed by atoms with E-state index in [1.165, 1.54) is 57.8 Å². The van der Waals surface area contributed by atoms with Crippen molar-refractivity contribution in [2.45, 2.75) is 135 Å². The van der Waals surface area contributed by atoms with Crippen LogP contribution in [-0.2, 0) is 28.6 Å². The summed E-state index contributed by atoms with van der Waals surface area (Å²) in [5, 5.41) is 0. The van der Waals surface area contributed by atoms with Gasteiger partial charge in [-0.25, -0.2) is 9.59 Å². The van der Waals surface area contributed by atoms with E-state index in [1.54, 1.807) is 0 Å². The Morgan fingerprint density at radius 1 is 0.800 bits per heavy atom. The van der Waals surface area contributed by atoms with Crippen molar-refractivity contribution < 1.29 is 28.6 Å². The molecule has 1 saturated carbocycles. The van der Waals surface area contributed by atoms with Crippen LogP contribution in [0.4, 0.5) is 0 Å². The van der Waals surface area contributed by atoms with Crippen molar-refractivity contribution in [1.29, 1.82) is 0 Å². The molecule has 0 aliphatic heterocycles. The molecule has 1 aliphatic carbocycles. The van der Waals surface area contributed by atoms with Gasteiger partial charge < -0.3 is 14.2 Å². The van der Waals surface area contributed by atoms with Gasteiger partial charge in [0.25, 0.3) is 0 Å². The lowest BCUT2D eigenvalue weighted by Gasteiger charge is -2.37. The van der Waals surface area contributed by atoms with Crippen LogP contribution in [0.3, 0.4) is 0 Å². The van der Waals surface area contributed by atoms with Crippen LogP contribution in [0, 0.1) is 5.92 Å². The molecule has 0 aromatic carbocycles. The highest BCUT2D eigenvalue weighted by molar-refractivity contribution is 5.88. The molecule has 0 spiro atoms. The molecule has 1 rings (SSSR count). The first-order chi connectivity index (χ1) is 17.0. The number of ether oxygens (including phenoxy) is 3. The quantitative estimate of drug-likeness (QED) is 0.0768. The summed E-state index contributed by atoms with van der Waals surface area (Å²) in [6.07, 6.45) is 19.1. The lowest BCUT2D eigenvalue weighted by Crippen LogP contribution is -2.49. The van der Waals surface area contributed by atoms with E-state index < -0.39 is 23.5 Å². The van der Waals surface area contributed by atoms with Gasteiger partial charge in [0, 0.05) is 12.5 Å². The molecule has 35 heavy (non-hydrogen) atoms. The van der Waals surface area contributed by atoms with Gasteiger partial charge in [-0.1, -0.05) is 97.5 Å². The zero-order chi connectivity index (χ0) is 25.8. The highest BCUT2D eigenvalue weighted by Gasteiger charge is 2.49. The molecule has 0 N–H and O–H groups in total. The van der Waals surface area contributed by atoms with Crippen molar-refractivity contribution in [3.63, 3.8) is 0 Å². The van der Waals surface area contributed by atoms with Gasteiger partial charge >= 0.3 is 17.9 Å². The lowest BCUT2D eigenvalue weighted by molar-refractivity contribution is -0.188. The molecule has 2 unspecified atom stereocenters. The van der Waals surface area contributed by atoms with Crippen LogP contribution >= 0.6 is 0 Å². The Hall–Kier alpha value is -1.85. The number of carbonyl (C=O) groups is 3. The van der Waals surface area contributed by atoms with Gasteiger partial charge in [0.1, 0.15) is 0 Å². The molecule has 0 bridgehead atoms. The number of unbranched alkanes of at least 4 members (excludes halogenated alkanes) is 12. The zero-order valence-electron chi connectivity index (χ0n) is 22.5. The fourth-order valence-electron chi connectivity index (χ4n) is 4.70. The van der Waals surface area contributed by atoms with E-state index in [0.717, 1.165) is 38.2 Å². The minimum atomic E-state index is -1.43. The summed E-state index contributed by atoms with van der Waals surface area (Å²) in [4.78, 5) is 37.6. The standard InChI is InChI=1S/C29H50O6/c1-4-7-9-10-11-12-13-14-15-16-18-22-33-27(31)25-20-19-21-29(24-25,35-26(30)6-3)28(32)34-23-17-8-5-2/h6,25H,3-5,7-24H2,1-2H3. The predicted molar refractivity (Wildman–Crippen MR) is 139 cm³/mol. The second-order valence-electron chi connectivity index (χ2n) is 9.96. The van der Waals surface area contributed by atoms with Crippen molar-refractivity contribution >= 4 is 17.9 Å². The number of rotatable bonds is 20. The third kappa shape index (κ3) is 13.1. The minimum absolute atomic E-state index is 0.107. The molecule has 1 aliphatic rings. The second kappa shape index (κ2) is 19.4. The molecule has 0 aromatic rings. The fraction of sp³-hybridized carbons (Fsp3) is 0.828. The topological polar surface area (TPSA) is 78.9 Å². The highest BCUT2D eigenvalue weighted by atomic mass is 16.6. The number of hydrogen-bond donors (Lipinski definition) is 0. The third-order valence-electron chi connectivity index (χ3n) is 6.85. The highest BCUT2D eigenvalue weighted by Crippen LogP contribution is 2.37. The fourth-order valence-corrected chi connectivity index (χ4v) is 4.70. The van der Waals surface area contributed by atoms with E-state index in [4.69, 9.17) is 14.2 Å². The van der Waals surface area contributed by atoms with Crippen LogP contribution in [0.15, 0.2) is 12.7 Å². The summed E-state index contributed by atoms with van der Waals surface area (Å²) >= 11 is 0. The molecule has 0 saturated heterocycles. The molecule has 202 valence electrons. The van der Waals surface area contributed by atoms with Crippen LogP contribution in [0.25, 0.3) is 0 Å². The number of esters is 3. The van der Waals surface area contributed by atoms with Crippen molar-refractivity contribution in [3.05, 3.63) is 12.7 Å². The molecule has 0 amide bonds. The molecule has 0 aromatic heterocycles. The molecule has 6 heteroatoms. The van der Waals surface area contributed by atoms with E-state index >= 15 is 0 Å². The predicted octanol–water partition coefficient (Wildman–Crippen LogP) is 7.23. The van der Waals surface area contributed by atoms with E-state index in [-0.39, 0.29) is 19.0 Å². The Morgan fingerprint density at radius 2 is 1.31 bits per heavy atom. The third-order valence-corrected chi connectivity index (χ3v) is 6.85. The van der Waals surface area contributed by atoms with Gasteiger partial charge in [0.05, 0.1) is 19.1 Å². The van der Waals surface area contributed by atoms with Crippen LogP contribution in [0.2, 0.25) is 0 Å². The summed E-state index contributed by atoms with van der Waals surface area (Å²) in [6.45, 7) is 8.43. The molecule has 6 nitrogen and oxygen atoms in total. The van der Waals surface area contributed by atoms with Crippen LogP contribution in [0.1, 0.15) is 129 Å². The Labute approximate surface area is 213 Å². The summed E-state index contributed by atoms with van der Waals surface area (Å²) in [6, 6.07) is 0. The first-order valence-corrected chi connectivity index (χ1v) is 14.2. The smallest absolute Gasteiger partial charge is 0.350 e. The lowest BCUT2D eigenvalue weighted by atomic mass is 9.77. The molecular formula is C29H50O6. The van der Waals surface area contributed by atoms with Gasteiger partial charge in [-0.05, 0) is 32.1 Å². The van der Waals surface area contributed by atoms with Gasteiger partial charge in [0.2, 0.25) is 5.60 Å². The Morgan fingerprint density at radius 3 is 1.91 bits per heavy atom. The van der Waals surface area contributed by atoms with Gasteiger partial charge in [-0.2, -0.15) is 0 Å². The van der Waals surface area contributed by atoms with Crippen LogP contribution in [0.5, 0.6) is 0 Å². The van der Waals surface area contributed by atoms with Gasteiger partial charge in [0.15, 0.2) is 0 Å². The van der Waals surface area contributed by atoms with Crippen molar-refractivity contribution in [2.75, 3.05) is 13.2 Å². The SMILES string of the molecule is C=CC(=O)OC1(C(=O)OCCCCC)CCCC(C(=O)OCCCCCCCCCCCCC)C1. The second-order valence-corrected chi connectivity index (χ2v) is 9.96. The Balaban J connectivity index is 2.37. The summed E-state index contributed by atoms with van der Waals surface area (Å²) in [5.41, 5.74) is -1.43. The van der Waals surface area contributed by atoms with Crippen LogP contribution < -0.4 is 0 Å². The van der Waals surface area contributed by atoms with E-state index in [9.17, 15) is 14.4 Å². The first-order valence-electron chi connectivity index (χ1n) is 14.2. The average molecular weight is 495 g/mol. The van der Waals surface area contributed by atoms with Crippen molar-refractivity contribution in [3.8, 4) is 0 Å². The monoisotopic (exact) mass is 494 g/mol. The van der Waals surface area contributed by atoms with Gasteiger partial charge in [-0.15, -0.1) is 0 Å². The van der Waals surface area contributed by atoms with Crippen molar-refractivity contribution in [2.24, 2.45) is 5.92 Å². The number of hydrogen-bond acceptors (Lipinski definition) is 6.